The van der Waals surface area contributed by atoms with Crippen molar-refractivity contribution in [3.05, 3.63) is 29.3 Å². The highest BCUT2D eigenvalue weighted by Crippen LogP contribution is 2.60. The molecule has 4 saturated carbocycles. The summed E-state index contributed by atoms with van der Waals surface area (Å²) in [6, 6.07) is 3.12. The Hall–Kier alpha value is -1.84. The summed E-state index contributed by atoms with van der Waals surface area (Å²) in [5.74, 6) is 1.20. The molecular weight excluding hydrogens is 475 g/mol. The van der Waals surface area contributed by atoms with Crippen molar-refractivity contribution in [2.45, 2.75) is 57.9 Å². The molecule has 0 amide bonds. The third-order valence-electron chi connectivity index (χ3n) is 8.35. The Morgan fingerprint density at radius 1 is 1.11 bits per heavy atom. The maximum absolute atomic E-state index is 13.7. The molecule has 1 saturated heterocycles. The van der Waals surface area contributed by atoms with Gasteiger partial charge < -0.3 is 18.9 Å². The lowest BCUT2D eigenvalue weighted by molar-refractivity contribution is -0.155. The van der Waals surface area contributed by atoms with Crippen LogP contribution >= 0.6 is 0 Å². The standard InChI is InChI=1S/C27H36F3NO5/c1-18(35-17-26-14-19-10-20(15-26)12-21(11-19)16-26)36-24-13-22(2-3-23(24)27(28,29)30)25(32)34-9-6-31-4-7-33-8-5-31/h2-3,13,18-21H,4-12,14-17H2,1H3. The number of hydrogen-bond donors (Lipinski definition) is 0. The van der Waals surface area contributed by atoms with E-state index in [1.54, 1.807) is 6.92 Å². The first-order valence-electron chi connectivity index (χ1n) is 13.2. The van der Waals surface area contributed by atoms with Crippen LogP contribution in [0.25, 0.3) is 0 Å². The van der Waals surface area contributed by atoms with Crippen molar-refractivity contribution >= 4 is 5.97 Å². The van der Waals surface area contributed by atoms with Crippen molar-refractivity contribution in [1.82, 2.24) is 4.90 Å². The average Bonchev–Trinajstić information content (AvgIpc) is 2.82. The molecule has 36 heavy (non-hydrogen) atoms. The van der Waals surface area contributed by atoms with E-state index >= 15 is 0 Å². The van der Waals surface area contributed by atoms with E-state index in [4.69, 9.17) is 18.9 Å². The van der Waals surface area contributed by atoms with Gasteiger partial charge in [0.15, 0.2) is 6.29 Å². The molecule has 1 heterocycles. The Morgan fingerprint density at radius 2 is 1.75 bits per heavy atom. The lowest BCUT2D eigenvalue weighted by Crippen LogP contribution is -2.48. The van der Waals surface area contributed by atoms with E-state index in [9.17, 15) is 18.0 Å². The Kier molecular flexibility index (Phi) is 7.52. The summed E-state index contributed by atoms with van der Waals surface area (Å²) in [5.41, 5.74) is -0.781. The SMILES string of the molecule is CC(OCC12CC3CC(CC(C3)C1)C2)Oc1cc(C(=O)OCCN2CCOCC2)ccc1C(F)(F)F. The van der Waals surface area contributed by atoms with Gasteiger partial charge in [0, 0.05) is 19.6 Å². The maximum Gasteiger partial charge on any atom is 0.419 e. The zero-order chi connectivity index (χ0) is 25.3. The van der Waals surface area contributed by atoms with Gasteiger partial charge in [-0.1, -0.05) is 0 Å². The average molecular weight is 512 g/mol. The monoisotopic (exact) mass is 511 g/mol. The van der Waals surface area contributed by atoms with Gasteiger partial charge in [-0.25, -0.2) is 4.79 Å². The van der Waals surface area contributed by atoms with Gasteiger partial charge >= 0.3 is 12.1 Å². The number of carbonyl (C=O) groups is 1. The summed E-state index contributed by atoms with van der Waals surface area (Å²) in [5, 5.41) is 0. The number of hydrogen-bond acceptors (Lipinski definition) is 6. The minimum Gasteiger partial charge on any atom is -0.465 e. The first kappa shape index (κ1) is 25.8. The molecule has 0 radical (unpaired) electrons. The number of ether oxygens (including phenoxy) is 4. The molecule has 6 rings (SSSR count). The predicted molar refractivity (Wildman–Crippen MR) is 126 cm³/mol. The van der Waals surface area contributed by atoms with Gasteiger partial charge in [0.25, 0.3) is 0 Å². The smallest absolute Gasteiger partial charge is 0.419 e. The van der Waals surface area contributed by atoms with E-state index in [0.717, 1.165) is 68.3 Å². The van der Waals surface area contributed by atoms with Crippen LogP contribution in [0.3, 0.4) is 0 Å². The highest BCUT2D eigenvalue weighted by atomic mass is 19.4. The van der Waals surface area contributed by atoms with Gasteiger partial charge in [-0.3, -0.25) is 4.90 Å². The van der Waals surface area contributed by atoms with E-state index in [1.165, 1.54) is 19.3 Å². The van der Waals surface area contributed by atoms with Gasteiger partial charge in [-0.15, -0.1) is 0 Å². The number of benzene rings is 1. The minimum atomic E-state index is -4.62. The molecule has 0 N–H and O–H groups in total. The first-order chi connectivity index (χ1) is 17.2. The van der Waals surface area contributed by atoms with E-state index < -0.39 is 29.7 Å². The van der Waals surface area contributed by atoms with E-state index in [-0.39, 0.29) is 17.6 Å². The molecule has 1 aromatic carbocycles. The van der Waals surface area contributed by atoms with Gasteiger partial charge in [0.1, 0.15) is 12.4 Å². The molecule has 4 bridgehead atoms. The van der Waals surface area contributed by atoms with E-state index in [0.29, 0.717) is 26.4 Å². The normalized spacial score (nSPS) is 30.8. The Balaban J connectivity index is 1.20. The van der Waals surface area contributed by atoms with E-state index in [2.05, 4.69) is 4.90 Å². The van der Waals surface area contributed by atoms with Crippen LogP contribution in [0.15, 0.2) is 18.2 Å². The van der Waals surface area contributed by atoms with Crippen LogP contribution < -0.4 is 4.74 Å². The topological polar surface area (TPSA) is 57.2 Å². The minimum absolute atomic E-state index is 0.0215. The Bertz CT molecular complexity index is 895. The van der Waals surface area contributed by atoms with Crippen molar-refractivity contribution in [3.63, 3.8) is 0 Å². The molecule has 5 fully saturated rings. The highest BCUT2D eigenvalue weighted by Gasteiger charge is 2.51. The van der Waals surface area contributed by atoms with Crippen LogP contribution in [0.5, 0.6) is 5.75 Å². The maximum atomic E-state index is 13.7. The van der Waals surface area contributed by atoms with Gasteiger partial charge in [-0.2, -0.15) is 13.2 Å². The molecule has 200 valence electrons. The number of esters is 1. The summed E-state index contributed by atoms with van der Waals surface area (Å²) < 4.78 is 63.3. The van der Waals surface area contributed by atoms with Crippen LogP contribution in [-0.2, 0) is 20.4 Å². The molecule has 0 aromatic heterocycles. The number of halogens is 3. The molecule has 6 nitrogen and oxygen atoms in total. The number of nitrogens with zero attached hydrogens (tertiary/aromatic N) is 1. The summed E-state index contributed by atoms with van der Waals surface area (Å²) >= 11 is 0. The number of alkyl halides is 3. The fourth-order valence-corrected chi connectivity index (χ4v) is 7.13. The Morgan fingerprint density at radius 3 is 2.36 bits per heavy atom. The molecule has 9 heteroatoms. The van der Waals surface area contributed by atoms with Crippen molar-refractivity contribution in [1.29, 1.82) is 0 Å². The predicted octanol–water partition coefficient (Wildman–Crippen LogP) is 5.15. The van der Waals surface area contributed by atoms with Gasteiger partial charge in [0.05, 0.1) is 30.9 Å². The lowest BCUT2D eigenvalue weighted by atomic mass is 9.50. The second-order valence-corrected chi connectivity index (χ2v) is 11.2. The quantitative estimate of drug-likeness (QED) is 0.338. The highest BCUT2D eigenvalue weighted by molar-refractivity contribution is 5.90. The molecular formula is C27H36F3NO5. The molecule has 5 aliphatic rings. The summed E-state index contributed by atoms with van der Waals surface area (Å²) in [4.78, 5) is 14.6. The second kappa shape index (κ2) is 10.5. The van der Waals surface area contributed by atoms with Gasteiger partial charge in [0.2, 0.25) is 0 Å². The summed E-state index contributed by atoms with van der Waals surface area (Å²) in [6.07, 6.45) is 1.89. The summed E-state index contributed by atoms with van der Waals surface area (Å²) in [6.45, 7) is 5.62. The second-order valence-electron chi connectivity index (χ2n) is 11.2. The van der Waals surface area contributed by atoms with Crippen molar-refractivity contribution in [3.8, 4) is 5.75 Å². The number of rotatable bonds is 9. The largest absolute Gasteiger partial charge is 0.465 e. The zero-order valence-electron chi connectivity index (χ0n) is 20.9. The first-order valence-corrected chi connectivity index (χ1v) is 13.2. The number of carbonyl (C=O) groups excluding carboxylic acids is 1. The van der Waals surface area contributed by atoms with Crippen LogP contribution in [0.1, 0.15) is 61.4 Å². The molecule has 1 unspecified atom stereocenters. The molecule has 4 aliphatic carbocycles. The van der Waals surface area contributed by atoms with E-state index in [1.807, 2.05) is 0 Å². The van der Waals surface area contributed by atoms with Gasteiger partial charge in [-0.05, 0) is 86.8 Å². The third kappa shape index (κ3) is 6.00. The van der Waals surface area contributed by atoms with Crippen molar-refractivity contribution in [2.24, 2.45) is 23.2 Å². The fraction of sp³-hybridized carbons (Fsp3) is 0.741. The molecule has 1 atom stereocenters. The molecule has 1 aromatic rings. The fourth-order valence-electron chi connectivity index (χ4n) is 7.13. The molecule has 1 aliphatic heterocycles. The Labute approximate surface area is 210 Å². The van der Waals surface area contributed by atoms with Crippen molar-refractivity contribution < 1.29 is 36.9 Å². The summed E-state index contributed by atoms with van der Waals surface area (Å²) in [7, 11) is 0. The number of morpholine rings is 1. The third-order valence-corrected chi connectivity index (χ3v) is 8.35. The van der Waals surface area contributed by atoms with Crippen LogP contribution in [0, 0.1) is 23.2 Å². The zero-order valence-corrected chi connectivity index (χ0v) is 20.9. The van der Waals surface area contributed by atoms with Crippen LogP contribution in [0.4, 0.5) is 13.2 Å². The van der Waals surface area contributed by atoms with Crippen LogP contribution in [-0.4, -0.2) is 63.2 Å². The lowest BCUT2D eigenvalue weighted by Gasteiger charge is -2.56. The molecule has 0 spiro atoms. The van der Waals surface area contributed by atoms with Crippen molar-refractivity contribution in [2.75, 3.05) is 46.1 Å². The van der Waals surface area contributed by atoms with Crippen LogP contribution in [0.2, 0.25) is 0 Å².